The van der Waals surface area contributed by atoms with E-state index in [9.17, 15) is 4.79 Å². The van der Waals surface area contributed by atoms with E-state index in [2.05, 4.69) is 9.55 Å². The number of hydrogen-bond donors (Lipinski definition) is 1. The minimum Gasteiger partial charge on any atom is -0.468 e. The molecule has 0 saturated carbocycles. The summed E-state index contributed by atoms with van der Waals surface area (Å²) in [7, 11) is 1.36. The van der Waals surface area contributed by atoms with Crippen molar-refractivity contribution >= 4 is 5.97 Å². The molecule has 0 fully saturated rings. The van der Waals surface area contributed by atoms with Crippen molar-refractivity contribution in [2.24, 2.45) is 5.73 Å². The van der Waals surface area contributed by atoms with E-state index in [0.29, 0.717) is 6.42 Å². The molecule has 5 nitrogen and oxygen atoms in total. The first kappa shape index (κ1) is 15.3. The van der Waals surface area contributed by atoms with Crippen LogP contribution in [0.2, 0.25) is 0 Å². The molecule has 2 rings (SSSR count). The molecule has 1 heterocycles. The number of aryl methyl sites for hydroxylation is 1. The van der Waals surface area contributed by atoms with Gasteiger partial charge in [-0.15, -0.1) is 0 Å². The van der Waals surface area contributed by atoms with E-state index in [1.165, 1.54) is 7.11 Å². The van der Waals surface area contributed by atoms with Crippen molar-refractivity contribution in [3.8, 4) is 11.4 Å². The maximum Gasteiger partial charge on any atom is 0.325 e. The minimum absolute atomic E-state index is 0.378. The first-order chi connectivity index (χ1) is 10.0. The molecule has 0 radical (unpaired) electrons. The van der Waals surface area contributed by atoms with Crippen molar-refractivity contribution in [1.29, 1.82) is 0 Å². The number of aromatic nitrogens is 2. The van der Waals surface area contributed by atoms with Gasteiger partial charge in [0.2, 0.25) is 0 Å². The molecule has 112 valence electrons. The predicted octanol–water partition coefficient (Wildman–Crippen LogP) is 2.22. The lowest BCUT2D eigenvalue weighted by atomic mass is 9.97. The first-order valence-corrected chi connectivity index (χ1v) is 6.98. The van der Waals surface area contributed by atoms with Gasteiger partial charge in [-0.3, -0.25) is 4.79 Å². The molecule has 2 aromatic rings. The Hall–Kier alpha value is -2.14. The molecule has 0 spiro atoms. The summed E-state index contributed by atoms with van der Waals surface area (Å²) in [5.74, 6) is 0.545. The van der Waals surface area contributed by atoms with Gasteiger partial charge in [-0.2, -0.15) is 0 Å². The van der Waals surface area contributed by atoms with Gasteiger partial charge in [0.15, 0.2) is 0 Å². The lowest BCUT2D eigenvalue weighted by molar-refractivity contribution is -0.146. The Labute approximate surface area is 124 Å². The molecule has 5 heteroatoms. The lowest BCUT2D eigenvalue weighted by Crippen LogP contribution is -2.45. The molecule has 1 unspecified atom stereocenters. The Bertz CT molecular complexity index is 591. The Kier molecular flexibility index (Phi) is 4.75. The maximum atomic E-state index is 11.5. The average Bonchev–Trinajstić information content (AvgIpc) is 2.95. The van der Waals surface area contributed by atoms with E-state index >= 15 is 0 Å². The van der Waals surface area contributed by atoms with Gasteiger partial charge in [0.05, 0.1) is 7.11 Å². The number of ether oxygens (including phenoxy) is 1. The van der Waals surface area contributed by atoms with Crippen LogP contribution < -0.4 is 5.73 Å². The maximum absolute atomic E-state index is 11.5. The molecule has 0 aliphatic carbocycles. The van der Waals surface area contributed by atoms with Gasteiger partial charge in [0, 0.05) is 24.5 Å². The highest BCUT2D eigenvalue weighted by molar-refractivity contribution is 5.79. The number of hydrogen-bond acceptors (Lipinski definition) is 4. The number of benzene rings is 1. The number of esters is 1. The van der Waals surface area contributed by atoms with E-state index in [0.717, 1.165) is 24.4 Å². The highest BCUT2D eigenvalue weighted by atomic mass is 16.5. The molecule has 1 aromatic heterocycles. The first-order valence-electron chi connectivity index (χ1n) is 6.98. The van der Waals surface area contributed by atoms with Crippen LogP contribution in [0, 0.1) is 0 Å². The summed E-state index contributed by atoms with van der Waals surface area (Å²) in [6.45, 7) is 2.46. The zero-order chi connectivity index (χ0) is 15.3. The fourth-order valence-electron chi connectivity index (χ4n) is 2.29. The van der Waals surface area contributed by atoms with E-state index in [-0.39, 0.29) is 5.97 Å². The van der Waals surface area contributed by atoms with Gasteiger partial charge >= 0.3 is 5.97 Å². The second kappa shape index (κ2) is 6.54. The number of nitrogens with two attached hydrogens (primary N) is 1. The largest absolute Gasteiger partial charge is 0.468 e. The molecule has 0 amide bonds. The van der Waals surface area contributed by atoms with Crippen LogP contribution in [0.5, 0.6) is 0 Å². The quantitative estimate of drug-likeness (QED) is 0.827. The van der Waals surface area contributed by atoms with E-state index in [1.54, 1.807) is 13.1 Å². The highest BCUT2D eigenvalue weighted by Gasteiger charge is 2.28. The van der Waals surface area contributed by atoms with Crippen LogP contribution in [0.25, 0.3) is 11.4 Å². The third-order valence-corrected chi connectivity index (χ3v) is 3.49. The zero-order valence-corrected chi connectivity index (χ0v) is 12.5. The van der Waals surface area contributed by atoms with Crippen molar-refractivity contribution < 1.29 is 9.53 Å². The Morgan fingerprint density at radius 1 is 1.38 bits per heavy atom. The summed E-state index contributed by atoms with van der Waals surface area (Å²) >= 11 is 0. The van der Waals surface area contributed by atoms with E-state index in [1.807, 2.05) is 36.5 Å². The van der Waals surface area contributed by atoms with Crippen LogP contribution in [-0.4, -0.2) is 28.2 Å². The topological polar surface area (TPSA) is 70.1 Å². The molecule has 0 bridgehead atoms. The molecule has 0 aliphatic rings. The van der Waals surface area contributed by atoms with Crippen molar-refractivity contribution in [1.82, 2.24) is 9.55 Å². The smallest absolute Gasteiger partial charge is 0.325 e. The summed E-state index contributed by atoms with van der Waals surface area (Å²) in [5.41, 5.74) is 6.09. The van der Waals surface area contributed by atoms with Crippen LogP contribution in [-0.2, 0) is 16.1 Å². The molecule has 2 N–H and O–H groups in total. The minimum atomic E-state index is -0.942. The second-order valence-corrected chi connectivity index (χ2v) is 5.32. The Morgan fingerprint density at radius 2 is 2.10 bits per heavy atom. The highest BCUT2D eigenvalue weighted by Crippen LogP contribution is 2.18. The molecule has 0 aliphatic heterocycles. The van der Waals surface area contributed by atoms with Gasteiger partial charge in [0.25, 0.3) is 0 Å². The summed E-state index contributed by atoms with van der Waals surface area (Å²) < 4.78 is 6.78. The van der Waals surface area contributed by atoms with Crippen LogP contribution in [0.3, 0.4) is 0 Å². The fourth-order valence-corrected chi connectivity index (χ4v) is 2.29. The normalized spacial score (nSPS) is 13.7. The van der Waals surface area contributed by atoms with E-state index in [4.69, 9.17) is 10.5 Å². The molecular weight excluding hydrogens is 266 g/mol. The van der Waals surface area contributed by atoms with Crippen molar-refractivity contribution in [3.63, 3.8) is 0 Å². The average molecular weight is 287 g/mol. The lowest BCUT2D eigenvalue weighted by Gasteiger charge is -2.21. The van der Waals surface area contributed by atoms with Gasteiger partial charge in [0.1, 0.15) is 11.4 Å². The van der Waals surface area contributed by atoms with Gasteiger partial charge in [-0.1, -0.05) is 30.3 Å². The third kappa shape index (κ3) is 3.70. The van der Waals surface area contributed by atoms with E-state index < -0.39 is 5.54 Å². The summed E-state index contributed by atoms with van der Waals surface area (Å²) in [5, 5.41) is 0. The third-order valence-electron chi connectivity index (χ3n) is 3.49. The molecule has 1 atom stereocenters. The van der Waals surface area contributed by atoms with Crippen molar-refractivity contribution in [3.05, 3.63) is 42.7 Å². The summed E-state index contributed by atoms with van der Waals surface area (Å²) in [6.07, 6.45) is 5.06. The van der Waals surface area contributed by atoms with Gasteiger partial charge in [-0.05, 0) is 19.8 Å². The number of imidazole rings is 1. The van der Waals surface area contributed by atoms with Gasteiger partial charge < -0.3 is 15.0 Å². The van der Waals surface area contributed by atoms with Crippen molar-refractivity contribution in [2.75, 3.05) is 7.11 Å². The SMILES string of the molecule is COC(=O)C(C)(N)CCCn1ccnc1-c1ccccc1. The Morgan fingerprint density at radius 3 is 2.76 bits per heavy atom. The van der Waals surface area contributed by atoms with Crippen LogP contribution in [0.15, 0.2) is 42.7 Å². The van der Waals surface area contributed by atoms with Crippen LogP contribution in [0.4, 0.5) is 0 Å². The number of carbonyl (C=O) groups excluding carboxylic acids is 1. The monoisotopic (exact) mass is 287 g/mol. The Balaban J connectivity index is 2.00. The predicted molar refractivity (Wildman–Crippen MR) is 81.5 cm³/mol. The molecule has 0 saturated heterocycles. The van der Waals surface area contributed by atoms with Gasteiger partial charge in [-0.25, -0.2) is 4.98 Å². The van der Waals surface area contributed by atoms with Crippen molar-refractivity contribution in [2.45, 2.75) is 31.8 Å². The molecule has 21 heavy (non-hydrogen) atoms. The summed E-state index contributed by atoms with van der Waals surface area (Å²) in [6, 6.07) is 10.0. The van der Waals surface area contributed by atoms with Crippen LogP contribution in [0.1, 0.15) is 19.8 Å². The standard InChI is InChI=1S/C16H21N3O2/c1-16(17,15(20)21-2)9-6-11-19-12-10-18-14(19)13-7-4-3-5-8-13/h3-5,7-8,10,12H,6,9,11,17H2,1-2H3. The second-order valence-electron chi connectivity index (χ2n) is 5.32. The number of rotatable bonds is 6. The number of nitrogens with zero attached hydrogens (tertiary/aromatic N) is 2. The van der Waals surface area contributed by atoms with Crippen LogP contribution >= 0.6 is 0 Å². The molecular formula is C16H21N3O2. The fraction of sp³-hybridized carbons (Fsp3) is 0.375. The number of methoxy groups -OCH3 is 1. The zero-order valence-electron chi connectivity index (χ0n) is 12.5. The molecule has 1 aromatic carbocycles. The number of carbonyl (C=O) groups is 1. The summed E-state index contributed by atoms with van der Waals surface area (Å²) in [4.78, 5) is 15.9.